The molecule has 1 fully saturated rings. The van der Waals surface area contributed by atoms with Crippen LogP contribution in [-0.2, 0) is 6.54 Å². The smallest absolute Gasteiger partial charge is 0.156 e. The Labute approximate surface area is 154 Å². The van der Waals surface area contributed by atoms with Crippen molar-refractivity contribution in [3.63, 3.8) is 0 Å². The Bertz CT molecular complexity index is 815. The molecule has 0 spiro atoms. The standard InChI is InChI=1S/C21H26N4O/c1-15(2)26-18-5-3-16(4-6-18)14-25-11-7-17(8-12-25)19-13-20-21(24-19)23-10-9-22-20/h3-6,9-10,13,15,17H,7-8,11-12,14H2,1-2H3,(H,23,24). The third-order valence-electron chi connectivity index (χ3n) is 5.01. The van der Waals surface area contributed by atoms with Gasteiger partial charge in [0.2, 0.25) is 0 Å². The highest BCUT2D eigenvalue weighted by molar-refractivity contribution is 5.71. The van der Waals surface area contributed by atoms with Crippen LogP contribution in [0.25, 0.3) is 11.2 Å². The van der Waals surface area contributed by atoms with E-state index in [4.69, 9.17) is 4.74 Å². The van der Waals surface area contributed by atoms with E-state index in [-0.39, 0.29) is 6.10 Å². The Hall–Kier alpha value is -2.40. The van der Waals surface area contributed by atoms with Gasteiger partial charge in [0.05, 0.1) is 6.10 Å². The fourth-order valence-corrected chi connectivity index (χ4v) is 3.70. The summed E-state index contributed by atoms with van der Waals surface area (Å²) in [5.41, 5.74) is 4.49. The molecule has 0 unspecified atom stereocenters. The molecule has 1 N–H and O–H groups in total. The summed E-state index contributed by atoms with van der Waals surface area (Å²) in [6, 6.07) is 10.7. The molecule has 2 aromatic heterocycles. The molecule has 0 bridgehead atoms. The van der Waals surface area contributed by atoms with Crippen LogP contribution in [0.5, 0.6) is 5.75 Å². The lowest BCUT2D eigenvalue weighted by Crippen LogP contribution is -2.32. The first-order valence-corrected chi connectivity index (χ1v) is 9.45. The van der Waals surface area contributed by atoms with Crippen molar-refractivity contribution in [1.82, 2.24) is 19.9 Å². The molecule has 0 atom stereocenters. The number of hydrogen-bond acceptors (Lipinski definition) is 4. The zero-order chi connectivity index (χ0) is 17.9. The average molecular weight is 350 g/mol. The number of ether oxygens (including phenoxy) is 1. The maximum absolute atomic E-state index is 5.72. The zero-order valence-electron chi connectivity index (χ0n) is 15.5. The quantitative estimate of drug-likeness (QED) is 0.752. The molecule has 1 saturated heterocycles. The van der Waals surface area contributed by atoms with Gasteiger partial charge >= 0.3 is 0 Å². The zero-order valence-corrected chi connectivity index (χ0v) is 15.5. The summed E-state index contributed by atoms with van der Waals surface area (Å²) < 4.78 is 5.72. The van der Waals surface area contributed by atoms with Crippen molar-refractivity contribution in [3.05, 3.63) is 54.0 Å². The van der Waals surface area contributed by atoms with E-state index < -0.39 is 0 Å². The summed E-state index contributed by atoms with van der Waals surface area (Å²) in [6.07, 6.45) is 6.04. The molecule has 1 aromatic carbocycles. The second-order valence-corrected chi connectivity index (χ2v) is 7.38. The van der Waals surface area contributed by atoms with E-state index in [1.54, 1.807) is 12.4 Å². The molecular formula is C21H26N4O. The molecule has 1 aliphatic heterocycles. The molecule has 0 aliphatic carbocycles. The lowest BCUT2D eigenvalue weighted by atomic mass is 9.93. The van der Waals surface area contributed by atoms with Crippen molar-refractivity contribution >= 4 is 11.2 Å². The van der Waals surface area contributed by atoms with E-state index >= 15 is 0 Å². The van der Waals surface area contributed by atoms with Gasteiger partial charge in [0.1, 0.15) is 11.3 Å². The van der Waals surface area contributed by atoms with Crippen molar-refractivity contribution < 1.29 is 4.74 Å². The third-order valence-corrected chi connectivity index (χ3v) is 5.01. The molecular weight excluding hydrogens is 324 g/mol. The van der Waals surface area contributed by atoms with Crippen LogP contribution in [0.3, 0.4) is 0 Å². The van der Waals surface area contributed by atoms with Gasteiger partial charge in [-0.25, -0.2) is 4.98 Å². The lowest BCUT2D eigenvalue weighted by molar-refractivity contribution is 0.203. The number of benzene rings is 1. The number of H-pyrrole nitrogens is 1. The molecule has 3 aromatic rings. The number of fused-ring (bicyclic) bond motifs is 1. The second-order valence-electron chi connectivity index (χ2n) is 7.38. The molecule has 0 saturated carbocycles. The summed E-state index contributed by atoms with van der Waals surface area (Å²) in [7, 11) is 0. The van der Waals surface area contributed by atoms with Crippen molar-refractivity contribution in [2.45, 2.75) is 45.3 Å². The Kier molecular flexibility index (Phi) is 4.89. The molecule has 26 heavy (non-hydrogen) atoms. The van der Waals surface area contributed by atoms with Crippen molar-refractivity contribution in [2.75, 3.05) is 13.1 Å². The number of aromatic nitrogens is 3. The van der Waals surface area contributed by atoms with Crippen molar-refractivity contribution in [3.8, 4) is 5.75 Å². The fraction of sp³-hybridized carbons (Fsp3) is 0.429. The number of nitrogens with one attached hydrogen (secondary N) is 1. The first-order valence-electron chi connectivity index (χ1n) is 9.45. The van der Waals surface area contributed by atoms with Crippen LogP contribution in [-0.4, -0.2) is 39.0 Å². The Morgan fingerprint density at radius 3 is 2.54 bits per heavy atom. The lowest BCUT2D eigenvalue weighted by Gasteiger charge is -2.31. The van der Waals surface area contributed by atoms with Gasteiger partial charge in [-0.05, 0) is 63.5 Å². The van der Waals surface area contributed by atoms with Crippen LogP contribution < -0.4 is 4.74 Å². The van der Waals surface area contributed by atoms with Crippen LogP contribution in [0.1, 0.15) is 43.9 Å². The van der Waals surface area contributed by atoms with E-state index in [0.717, 1.165) is 36.5 Å². The van der Waals surface area contributed by atoms with Gasteiger partial charge in [-0.15, -0.1) is 0 Å². The summed E-state index contributed by atoms with van der Waals surface area (Å²) in [5, 5.41) is 0. The van der Waals surface area contributed by atoms with Crippen LogP contribution >= 0.6 is 0 Å². The predicted octanol–water partition coefficient (Wildman–Crippen LogP) is 4.12. The molecule has 0 amide bonds. The maximum Gasteiger partial charge on any atom is 0.156 e. The van der Waals surface area contributed by atoms with E-state index in [1.807, 2.05) is 0 Å². The number of likely N-dealkylation sites (tertiary alicyclic amines) is 1. The molecule has 3 heterocycles. The van der Waals surface area contributed by atoms with Gasteiger partial charge in [-0.1, -0.05) is 12.1 Å². The minimum absolute atomic E-state index is 0.218. The van der Waals surface area contributed by atoms with E-state index in [1.165, 1.54) is 24.1 Å². The van der Waals surface area contributed by atoms with Gasteiger partial charge in [-0.2, -0.15) is 0 Å². The van der Waals surface area contributed by atoms with Gasteiger partial charge < -0.3 is 9.72 Å². The Morgan fingerprint density at radius 2 is 1.85 bits per heavy atom. The van der Waals surface area contributed by atoms with Gasteiger partial charge in [0, 0.05) is 30.6 Å². The average Bonchev–Trinajstić information content (AvgIpc) is 3.08. The highest BCUT2D eigenvalue weighted by Crippen LogP contribution is 2.29. The van der Waals surface area contributed by atoms with E-state index in [2.05, 4.69) is 64.0 Å². The highest BCUT2D eigenvalue weighted by atomic mass is 16.5. The first kappa shape index (κ1) is 17.0. The van der Waals surface area contributed by atoms with Crippen LogP contribution in [0.4, 0.5) is 0 Å². The Balaban J connectivity index is 1.33. The summed E-state index contributed by atoms with van der Waals surface area (Å²) in [4.78, 5) is 14.7. The van der Waals surface area contributed by atoms with Crippen LogP contribution in [0.15, 0.2) is 42.7 Å². The summed E-state index contributed by atoms with van der Waals surface area (Å²) >= 11 is 0. The number of piperidine rings is 1. The predicted molar refractivity (Wildman–Crippen MR) is 103 cm³/mol. The molecule has 136 valence electrons. The van der Waals surface area contributed by atoms with Gasteiger partial charge in [-0.3, -0.25) is 9.88 Å². The van der Waals surface area contributed by atoms with Crippen molar-refractivity contribution in [1.29, 1.82) is 0 Å². The molecule has 0 radical (unpaired) electrons. The molecule has 4 rings (SSSR count). The third kappa shape index (κ3) is 3.88. The van der Waals surface area contributed by atoms with Crippen LogP contribution in [0, 0.1) is 0 Å². The molecule has 5 nitrogen and oxygen atoms in total. The maximum atomic E-state index is 5.72. The van der Waals surface area contributed by atoms with Gasteiger partial charge in [0.15, 0.2) is 5.65 Å². The SMILES string of the molecule is CC(C)Oc1ccc(CN2CCC(c3cc4nccnc4[nH]3)CC2)cc1. The monoisotopic (exact) mass is 350 g/mol. The summed E-state index contributed by atoms with van der Waals surface area (Å²) in [6.45, 7) is 7.34. The molecule has 1 aliphatic rings. The van der Waals surface area contributed by atoms with Crippen LogP contribution in [0.2, 0.25) is 0 Å². The normalized spacial score (nSPS) is 16.4. The molecule has 5 heteroatoms. The van der Waals surface area contributed by atoms with E-state index in [0.29, 0.717) is 5.92 Å². The van der Waals surface area contributed by atoms with Crippen molar-refractivity contribution in [2.24, 2.45) is 0 Å². The van der Waals surface area contributed by atoms with E-state index in [9.17, 15) is 0 Å². The number of rotatable bonds is 5. The minimum Gasteiger partial charge on any atom is -0.491 e. The first-order chi connectivity index (χ1) is 12.7. The number of nitrogens with zero attached hydrogens (tertiary/aromatic N) is 3. The topological polar surface area (TPSA) is 54.0 Å². The Morgan fingerprint density at radius 1 is 1.12 bits per heavy atom. The minimum atomic E-state index is 0.218. The van der Waals surface area contributed by atoms with Gasteiger partial charge in [0.25, 0.3) is 0 Å². The largest absolute Gasteiger partial charge is 0.491 e. The fourth-order valence-electron chi connectivity index (χ4n) is 3.70. The number of aromatic amines is 1. The number of hydrogen-bond donors (Lipinski definition) is 1. The summed E-state index contributed by atoms with van der Waals surface area (Å²) in [5.74, 6) is 1.52. The highest BCUT2D eigenvalue weighted by Gasteiger charge is 2.22. The second kappa shape index (κ2) is 7.46.